The molecule has 0 aliphatic carbocycles. The molecule has 3 rings (SSSR count). The van der Waals surface area contributed by atoms with Crippen LogP contribution in [0.2, 0.25) is 0 Å². The molecule has 0 bridgehead atoms. The first-order valence-corrected chi connectivity index (χ1v) is 7.04. The zero-order chi connectivity index (χ0) is 15.0. The number of rotatable bonds is 4. The zero-order valence-corrected chi connectivity index (χ0v) is 12.7. The number of nitrogens with two attached hydrogens (primary N) is 1. The Labute approximate surface area is 123 Å². The molecule has 21 heavy (non-hydrogen) atoms. The van der Waals surface area contributed by atoms with Gasteiger partial charge >= 0.3 is 0 Å². The number of hydrogen-bond acceptors (Lipinski definition) is 6. The first kappa shape index (κ1) is 14.0. The summed E-state index contributed by atoms with van der Waals surface area (Å²) in [6.07, 6.45) is 1.78. The van der Waals surface area contributed by atoms with E-state index in [0.717, 1.165) is 42.6 Å². The maximum absolute atomic E-state index is 6.06. The molecular formula is C13H21N7O. The minimum absolute atomic E-state index is 0.0686. The summed E-state index contributed by atoms with van der Waals surface area (Å²) in [5.41, 5.74) is 8.08. The lowest BCUT2D eigenvalue weighted by Crippen LogP contribution is -2.40. The van der Waals surface area contributed by atoms with Crippen molar-refractivity contribution in [3.63, 3.8) is 0 Å². The van der Waals surface area contributed by atoms with Crippen molar-refractivity contribution in [1.82, 2.24) is 29.4 Å². The fourth-order valence-electron chi connectivity index (χ4n) is 3.08. The van der Waals surface area contributed by atoms with Crippen molar-refractivity contribution in [3.05, 3.63) is 23.4 Å². The lowest BCUT2D eigenvalue weighted by atomic mass is 10.0. The molecule has 0 saturated carbocycles. The van der Waals surface area contributed by atoms with E-state index in [-0.39, 0.29) is 6.04 Å². The maximum atomic E-state index is 6.06. The van der Waals surface area contributed by atoms with E-state index in [1.807, 2.05) is 14.0 Å². The summed E-state index contributed by atoms with van der Waals surface area (Å²) in [5.74, 6) is 1.75. The Balaban J connectivity index is 1.93. The molecule has 1 aliphatic rings. The third kappa shape index (κ3) is 2.30. The predicted molar refractivity (Wildman–Crippen MR) is 76.7 cm³/mol. The molecule has 1 unspecified atom stereocenters. The molecular weight excluding hydrogens is 270 g/mol. The second-order valence-corrected chi connectivity index (χ2v) is 5.29. The molecule has 8 nitrogen and oxygen atoms in total. The van der Waals surface area contributed by atoms with E-state index in [9.17, 15) is 0 Å². The number of fused-ring (bicyclic) bond motifs is 1. The van der Waals surface area contributed by atoms with Crippen LogP contribution in [-0.2, 0) is 20.1 Å². The lowest BCUT2D eigenvalue weighted by Gasteiger charge is -2.33. The van der Waals surface area contributed by atoms with Crippen molar-refractivity contribution in [2.75, 3.05) is 20.2 Å². The quantitative estimate of drug-likeness (QED) is 0.842. The number of methoxy groups -OCH3 is 1. The second-order valence-electron chi connectivity index (χ2n) is 5.29. The smallest absolute Gasteiger partial charge is 0.216 e. The van der Waals surface area contributed by atoms with E-state index in [2.05, 4.69) is 24.8 Å². The van der Waals surface area contributed by atoms with Gasteiger partial charge in [-0.3, -0.25) is 4.90 Å². The number of aryl methyl sites for hydroxylation is 2. The van der Waals surface area contributed by atoms with Crippen LogP contribution in [0.25, 0.3) is 0 Å². The molecule has 0 radical (unpaired) electrons. The van der Waals surface area contributed by atoms with Gasteiger partial charge < -0.3 is 15.0 Å². The minimum Gasteiger partial charge on any atom is -0.481 e. The van der Waals surface area contributed by atoms with Crippen LogP contribution in [0, 0.1) is 6.92 Å². The molecule has 2 aromatic rings. The van der Waals surface area contributed by atoms with Crippen LogP contribution < -0.4 is 10.5 Å². The van der Waals surface area contributed by atoms with Gasteiger partial charge in [-0.2, -0.15) is 5.10 Å². The fourth-order valence-corrected chi connectivity index (χ4v) is 3.08. The van der Waals surface area contributed by atoms with E-state index in [1.54, 1.807) is 18.1 Å². The van der Waals surface area contributed by atoms with Crippen LogP contribution in [-0.4, -0.2) is 49.6 Å². The molecule has 0 amide bonds. The Kier molecular flexibility index (Phi) is 3.64. The van der Waals surface area contributed by atoms with Gasteiger partial charge in [0.15, 0.2) is 0 Å². The third-order valence-corrected chi connectivity index (χ3v) is 4.07. The van der Waals surface area contributed by atoms with Gasteiger partial charge in [-0.25, -0.2) is 4.68 Å². The van der Waals surface area contributed by atoms with Crippen molar-refractivity contribution < 1.29 is 4.74 Å². The highest BCUT2D eigenvalue weighted by Crippen LogP contribution is 2.32. The normalized spacial score (nSPS) is 16.8. The summed E-state index contributed by atoms with van der Waals surface area (Å²) in [7, 11) is 3.55. The maximum Gasteiger partial charge on any atom is 0.216 e. The molecule has 8 heteroatoms. The SMILES string of the molecule is COc1c(C(CN)N2CCn3cnnc3C2)c(C)nn1C. The molecule has 2 N–H and O–H groups in total. The summed E-state index contributed by atoms with van der Waals surface area (Å²) in [6, 6.07) is 0.0686. The summed E-state index contributed by atoms with van der Waals surface area (Å²) >= 11 is 0. The summed E-state index contributed by atoms with van der Waals surface area (Å²) in [5, 5.41) is 12.6. The van der Waals surface area contributed by atoms with Gasteiger partial charge in [-0.15, -0.1) is 10.2 Å². The highest BCUT2D eigenvalue weighted by atomic mass is 16.5. The van der Waals surface area contributed by atoms with Crippen LogP contribution >= 0.6 is 0 Å². The van der Waals surface area contributed by atoms with Gasteiger partial charge in [-0.05, 0) is 6.92 Å². The average molecular weight is 291 g/mol. The number of aromatic nitrogens is 5. The molecule has 0 saturated heterocycles. The Morgan fingerprint density at radius 2 is 2.24 bits per heavy atom. The van der Waals surface area contributed by atoms with Gasteiger partial charge in [0.1, 0.15) is 12.2 Å². The topological polar surface area (TPSA) is 87.0 Å². The molecule has 3 heterocycles. The summed E-state index contributed by atoms with van der Waals surface area (Å²) in [6.45, 7) is 5.02. The second kappa shape index (κ2) is 5.45. The van der Waals surface area contributed by atoms with Crippen LogP contribution in [0.5, 0.6) is 5.88 Å². The third-order valence-electron chi connectivity index (χ3n) is 4.07. The molecule has 1 aliphatic heterocycles. The van der Waals surface area contributed by atoms with Gasteiger partial charge in [-0.1, -0.05) is 0 Å². The van der Waals surface area contributed by atoms with E-state index >= 15 is 0 Å². The van der Waals surface area contributed by atoms with E-state index < -0.39 is 0 Å². The van der Waals surface area contributed by atoms with Gasteiger partial charge in [0, 0.05) is 26.7 Å². The number of nitrogens with zero attached hydrogens (tertiary/aromatic N) is 6. The average Bonchev–Trinajstić information content (AvgIpc) is 3.04. The monoisotopic (exact) mass is 291 g/mol. The largest absolute Gasteiger partial charge is 0.481 e. The predicted octanol–water partition coefficient (Wildman–Crippen LogP) is -0.156. The first-order valence-electron chi connectivity index (χ1n) is 7.04. The Morgan fingerprint density at radius 1 is 1.43 bits per heavy atom. The van der Waals surface area contributed by atoms with E-state index in [0.29, 0.717) is 6.54 Å². The molecule has 114 valence electrons. The molecule has 0 spiro atoms. The Hall–Kier alpha value is -1.93. The van der Waals surface area contributed by atoms with Crippen molar-refractivity contribution in [1.29, 1.82) is 0 Å². The molecule has 0 fully saturated rings. The highest BCUT2D eigenvalue weighted by molar-refractivity contribution is 5.34. The lowest BCUT2D eigenvalue weighted by molar-refractivity contribution is 0.153. The highest BCUT2D eigenvalue weighted by Gasteiger charge is 2.30. The van der Waals surface area contributed by atoms with Crippen molar-refractivity contribution in [2.45, 2.75) is 26.1 Å². The molecule has 0 aromatic carbocycles. The van der Waals surface area contributed by atoms with Crippen LogP contribution in [0.4, 0.5) is 0 Å². The van der Waals surface area contributed by atoms with E-state index in [4.69, 9.17) is 10.5 Å². The molecule has 1 atom stereocenters. The number of hydrogen-bond donors (Lipinski definition) is 1. The van der Waals surface area contributed by atoms with Crippen molar-refractivity contribution >= 4 is 0 Å². The fraction of sp³-hybridized carbons (Fsp3) is 0.615. The molecule has 2 aromatic heterocycles. The van der Waals surface area contributed by atoms with Crippen molar-refractivity contribution in [2.24, 2.45) is 12.8 Å². The van der Waals surface area contributed by atoms with Gasteiger partial charge in [0.2, 0.25) is 5.88 Å². The van der Waals surface area contributed by atoms with Crippen molar-refractivity contribution in [3.8, 4) is 5.88 Å². The van der Waals surface area contributed by atoms with Crippen LogP contribution in [0.3, 0.4) is 0 Å². The van der Waals surface area contributed by atoms with Crippen LogP contribution in [0.1, 0.15) is 23.1 Å². The summed E-state index contributed by atoms with van der Waals surface area (Å²) in [4.78, 5) is 2.32. The minimum atomic E-state index is 0.0686. The zero-order valence-electron chi connectivity index (χ0n) is 12.7. The Morgan fingerprint density at radius 3 is 2.95 bits per heavy atom. The standard InChI is InChI=1S/C13H21N7O/c1-9-12(13(21-3)18(2)17-9)10(6-14)19-4-5-20-8-15-16-11(20)7-19/h8,10H,4-7,14H2,1-3H3. The first-order chi connectivity index (χ1) is 10.2. The number of ether oxygens (including phenoxy) is 1. The van der Waals surface area contributed by atoms with Crippen LogP contribution in [0.15, 0.2) is 6.33 Å². The van der Waals surface area contributed by atoms with Gasteiger partial charge in [0.25, 0.3) is 0 Å². The summed E-state index contributed by atoms with van der Waals surface area (Å²) < 4.78 is 9.35. The Bertz CT molecular complexity index is 632. The van der Waals surface area contributed by atoms with Gasteiger partial charge in [0.05, 0.1) is 31.0 Å². The van der Waals surface area contributed by atoms with E-state index in [1.165, 1.54) is 0 Å².